The summed E-state index contributed by atoms with van der Waals surface area (Å²) in [5.74, 6) is -3.03. The van der Waals surface area contributed by atoms with Crippen LogP contribution in [0, 0.1) is 6.92 Å². The first-order valence-electron chi connectivity index (χ1n) is 5.40. The highest BCUT2D eigenvalue weighted by Crippen LogP contribution is 2.36. The molecule has 0 fully saturated rings. The van der Waals surface area contributed by atoms with Crippen LogP contribution in [-0.2, 0) is 5.92 Å². The second-order valence-corrected chi connectivity index (χ2v) is 4.01. The van der Waals surface area contributed by atoms with E-state index in [2.05, 4.69) is 4.98 Å². The van der Waals surface area contributed by atoms with Crippen molar-refractivity contribution in [1.82, 2.24) is 4.98 Å². The third kappa shape index (κ3) is 2.26. The van der Waals surface area contributed by atoms with Crippen LogP contribution in [0.4, 0.5) is 8.78 Å². The van der Waals surface area contributed by atoms with Gasteiger partial charge in [0.15, 0.2) is 0 Å². The molecule has 0 saturated heterocycles. The standard InChI is InChI=1S/C13H13F2NO/c1-9-8-11(13(14,15)6-7-17)10-4-2-3-5-12(10)16-9/h2-5,8,17H,6-7H2,1H3. The van der Waals surface area contributed by atoms with E-state index in [4.69, 9.17) is 5.11 Å². The van der Waals surface area contributed by atoms with Gasteiger partial charge in [0.25, 0.3) is 5.92 Å². The Morgan fingerprint density at radius 2 is 2.00 bits per heavy atom. The minimum atomic E-state index is -3.03. The van der Waals surface area contributed by atoms with Crippen LogP contribution >= 0.6 is 0 Å². The lowest BCUT2D eigenvalue weighted by molar-refractivity contribution is -0.0256. The van der Waals surface area contributed by atoms with Gasteiger partial charge in [-0.15, -0.1) is 0 Å². The fourth-order valence-corrected chi connectivity index (χ4v) is 1.89. The number of benzene rings is 1. The highest BCUT2D eigenvalue weighted by Gasteiger charge is 2.32. The van der Waals surface area contributed by atoms with Crippen molar-refractivity contribution in [2.24, 2.45) is 0 Å². The summed E-state index contributed by atoms with van der Waals surface area (Å²) in [6.45, 7) is 1.15. The molecule has 0 atom stereocenters. The third-order valence-corrected chi connectivity index (χ3v) is 2.66. The van der Waals surface area contributed by atoms with Crippen molar-refractivity contribution < 1.29 is 13.9 Å². The monoisotopic (exact) mass is 237 g/mol. The summed E-state index contributed by atoms with van der Waals surface area (Å²) < 4.78 is 27.8. The van der Waals surface area contributed by atoms with Crippen LogP contribution < -0.4 is 0 Å². The van der Waals surface area contributed by atoms with E-state index in [0.29, 0.717) is 16.6 Å². The Balaban J connectivity index is 2.67. The van der Waals surface area contributed by atoms with Crippen molar-refractivity contribution >= 4 is 10.9 Å². The van der Waals surface area contributed by atoms with E-state index in [0.717, 1.165) is 0 Å². The first-order valence-corrected chi connectivity index (χ1v) is 5.40. The van der Waals surface area contributed by atoms with Gasteiger partial charge in [0.1, 0.15) is 0 Å². The predicted octanol–water partition coefficient (Wildman–Crippen LogP) is 3.02. The first-order chi connectivity index (χ1) is 8.04. The Bertz CT molecular complexity index is 540. The molecule has 1 aromatic heterocycles. The van der Waals surface area contributed by atoms with Gasteiger partial charge in [0, 0.05) is 29.7 Å². The molecule has 0 radical (unpaired) electrons. The minimum Gasteiger partial charge on any atom is -0.396 e. The Labute approximate surface area is 97.9 Å². The molecule has 2 rings (SSSR count). The van der Waals surface area contributed by atoms with Crippen molar-refractivity contribution in [1.29, 1.82) is 0 Å². The molecule has 0 aliphatic heterocycles. The zero-order valence-electron chi connectivity index (χ0n) is 9.45. The molecule has 1 aromatic carbocycles. The minimum absolute atomic E-state index is 0.0605. The predicted molar refractivity (Wildman–Crippen MR) is 62.1 cm³/mol. The zero-order valence-corrected chi connectivity index (χ0v) is 9.45. The van der Waals surface area contributed by atoms with Crippen LogP contribution in [-0.4, -0.2) is 16.7 Å². The molecular weight excluding hydrogens is 224 g/mol. The molecule has 0 aliphatic rings. The first kappa shape index (κ1) is 11.9. The summed E-state index contributed by atoms with van der Waals surface area (Å²) in [5.41, 5.74) is 1.05. The third-order valence-electron chi connectivity index (χ3n) is 2.66. The molecule has 0 aliphatic carbocycles. The number of alkyl halides is 2. The number of aliphatic hydroxyl groups is 1. The smallest absolute Gasteiger partial charge is 0.276 e. The van der Waals surface area contributed by atoms with E-state index in [1.165, 1.54) is 6.07 Å². The maximum atomic E-state index is 13.9. The maximum absolute atomic E-state index is 13.9. The van der Waals surface area contributed by atoms with Gasteiger partial charge in [-0.25, -0.2) is 8.78 Å². The molecule has 1 heterocycles. The van der Waals surface area contributed by atoms with Crippen LogP contribution in [0.25, 0.3) is 10.9 Å². The molecule has 4 heteroatoms. The number of hydrogen-bond acceptors (Lipinski definition) is 2. The summed E-state index contributed by atoms with van der Waals surface area (Å²) in [5, 5.41) is 9.15. The molecule has 2 nitrogen and oxygen atoms in total. The van der Waals surface area contributed by atoms with Gasteiger partial charge in [-0.2, -0.15) is 0 Å². The number of aromatic nitrogens is 1. The lowest BCUT2D eigenvalue weighted by Crippen LogP contribution is -2.16. The van der Waals surface area contributed by atoms with Gasteiger partial charge in [0.2, 0.25) is 0 Å². The van der Waals surface area contributed by atoms with Crippen LogP contribution in [0.2, 0.25) is 0 Å². The zero-order chi connectivity index (χ0) is 12.5. The number of aliphatic hydroxyl groups excluding tert-OH is 1. The Morgan fingerprint density at radius 1 is 1.29 bits per heavy atom. The maximum Gasteiger partial charge on any atom is 0.276 e. The van der Waals surface area contributed by atoms with Crippen LogP contribution in [0.5, 0.6) is 0 Å². The SMILES string of the molecule is Cc1cc(C(F)(F)CCO)c2ccccc2n1. The molecule has 17 heavy (non-hydrogen) atoms. The molecule has 0 amide bonds. The van der Waals surface area contributed by atoms with Crippen LogP contribution in [0.15, 0.2) is 30.3 Å². The number of halogens is 2. The second-order valence-electron chi connectivity index (χ2n) is 4.01. The lowest BCUT2D eigenvalue weighted by atomic mass is 10.00. The Hall–Kier alpha value is -1.55. The molecule has 90 valence electrons. The average molecular weight is 237 g/mol. The van der Waals surface area contributed by atoms with Gasteiger partial charge >= 0.3 is 0 Å². The van der Waals surface area contributed by atoms with Crippen molar-refractivity contribution in [3.8, 4) is 0 Å². The summed E-state index contributed by atoms with van der Waals surface area (Å²) >= 11 is 0. The number of pyridine rings is 1. The van der Waals surface area contributed by atoms with Crippen molar-refractivity contribution in [3.63, 3.8) is 0 Å². The van der Waals surface area contributed by atoms with Crippen LogP contribution in [0.1, 0.15) is 17.7 Å². The quantitative estimate of drug-likeness (QED) is 0.890. The van der Waals surface area contributed by atoms with E-state index in [9.17, 15) is 8.78 Å². The van der Waals surface area contributed by atoms with Gasteiger partial charge in [0.05, 0.1) is 5.52 Å². The summed E-state index contributed by atoms with van der Waals surface area (Å²) in [7, 11) is 0. The molecule has 1 N–H and O–H groups in total. The van der Waals surface area contributed by atoms with Gasteiger partial charge in [-0.1, -0.05) is 18.2 Å². The lowest BCUT2D eigenvalue weighted by Gasteiger charge is -2.18. The number of para-hydroxylation sites is 1. The molecule has 0 saturated carbocycles. The molecule has 2 aromatic rings. The number of nitrogens with zero attached hydrogens (tertiary/aromatic N) is 1. The van der Waals surface area contributed by atoms with Gasteiger partial charge in [-0.3, -0.25) is 4.98 Å². The fraction of sp³-hybridized carbons (Fsp3) is 0.308. The highest BCUT2D eigenvalue weighted by molar-refractivity contribution is 5.83. The fourth-order valence-electron chi connectivity index (χ4n) is 1.89. The summed E-state index contributed by atoms with van der Waals surface area (Å²) in [6.07, 6.45) is -0.569. The van der Waals surface area contributed by atoms with E-state index < -0.39 is 19.0 Å². The number of rotatable bonds is 3. The van der Waals surface area contributed by atoms with E-state index in [1.807, 2.05) is 0 Å². The normalized spacial score (nSPS) is 12.0. The van der Waals surface area contributed by atoms with E-state index in [-0.39, 0.29) is 5.56 Å². The van der Waals surface area contributed by atoms with Crippen molar-refractivity contribution in [3.05, 3.63) is 41.6 Å². The summed E-state index contributed by atoms with van der Waals surface area (Å²) in [6, 6.07) is 8.20. The van der Waals surface area contributed by atoms with Crippen LogP contribution in [0.3, 0.4) is 0 Å². The van der Waals surface area contributed by atoms with Gasteiger partial charge in [-0.05, 0) is 19.1 Å². The molecule has 0 bridgehead atoms. The second kappa shape index (κ2) is 4.37. The highest BCUT2D eigenvalue weighted by atomic mass is 19.3. The number of aryl methyl sites for hydroxylation is 1. The van der Waals surface area contributed by atoms with Crippen molar-refractivity contribution in [2.75, 3.05) is 6.61 Å². The number of hydrogen-bond donors (Lipinski definition) is 1. The molecule has 0 spiro atoms. The Morgan fingerprint density at radius 3 is 2.71 bits per heavy atom. The topological polar surface area (TPSA) is 33.1 Å². The Kier molecular flexibility index (Phi) is 3.07. The average Bonchev–Trinajstić information content (AvgIpc) is 2.27. The van der Waals surface area contributed by atoms with Gasteiger partial charge < -0.3 is 5.11 Å². The van der Waals surface area contributed by atoms with E-state index >= 15 is 0 Å². The van der Waals surface area contributed by atoms with Crippen molar-refractivity contribution in [2.45, 2.75) is 19.3 Å². The largest absolute Gasteiger partial charge is 0.396 e. The summed E-state index contributed by atoms with van der Waals surface area (Å²) in [4.78, 5) is 4.21. The molecule has 0 unspecified atom stereocenters. The molecular formula is C13H13F2NO. The van der Waals surface area contributed by atoms with E-state index in [1.54, 1.807) is 31.2 Å². The number of fused-ring (bicyclic) bond motifs is 1.